The molecule has 0 unspecified atom stereocenters. The molecule has 0 radical (unpaired) electrons. The van der Waals surface area contributed by atoms with Crippen molar-refractivity contribution in [2.45, 2.75) is 12.8 Å². The minimum Gasteiger partial charge on any atom is -0.295 e. The molecule has 0 N–H and O–H groups in total. The first-order chi connectivity index (χ1) is 7.11. The first kappa shape index (κ1) is 5.31. The maximum Gasteiger partial charge on any atom is 0.155 e. The number of ketones is 1. The van der Waals surface area contributed by atoms with Gasteiger partial charge < -0.3 is 0 Å². The molecular formula is C11H12O. The van der Waals surface area contributed by atoms with Crippen LogP contribution < -0.4 is 0 Å². The Morgan fingerprint density at radius 1 is 1.58 bits per heavy atom. The van der Waals surface area contributed by atoms with E-state index in [9.17, 15) is 4.79 Å². The quantitative estimate of drug-likeness (QED) is 0.623. The summed E-state index contributed by atoms with van der Waals surface area (Å²) in [4.78, 5) is 11.3. The van der Waals surface area contributed by atoms with Crippen LogP contribution in [0, 0.1) is 0 Å². The van der Waals surface area contributed by atoms with Crippen LogP contribution in [0.25, 0.3) is 0 Å². The Morgan fingerprint density at radius 3 is 3.00 bits per heavy atom. The highest BCUT2D eigenvalue weighted by atomic mass is 16.1. The van der Waals surface area contributed by atoms with Crippen LogP contribution in [0.15, 0.2) is 42.9 Å². The highest BCUT2D eigenvalue weighted by Gasteiger charge is 1.96. The van der Waals surface area contributed by atoms with Crippen LogP contribution in [-0.4, -0.2) is 5.78 Å². The summed E-state index contributed by atoms with van der Waals surface area (Å²) < 4.78 is 20.8. The van der Waals surface area contributed by atoms with Gasteiger partial charge in [0.25, 0.3) is 0 Å². The van der Waals surface area contributed by atoms with Crippen molar-refractivity contribution in [1.82, 2.24) is 0 Å². The van der Waals surface area contributed by atoms with Crippen molar-refractivity contribution in [1.29, 1.82) is 0 Å². The molecule has 1 aromatic rings. The van der Waals surface area contributed by atoms with Crippen molar-refractivity contribution in [2.75, 3.05) is 0 Å². The highest BCUT2D eigenvalue weighted by molar-refractivity contribution is 5.89. The molecule has 0 aliphatic heterocycles. The van der Waals surface area contributed by atoms with Crippen LogP contribution in [0.3, 0.4) is 0 Å². The Morgan fingerprint density at radius 2 is 2.33 bits per heavy atom. The Balaban J connectivity index is 2.52. The Bertz CT molecular complexity index is 367. The van der Waals surface area contributed by atoms with Gasteiger partial charge in [0.1, 0.15) is 0 Å². The second-order valence-electron chi connectivity index (χ2n) is 2.53. The summed E-state index contributed by atoms with van der Waals surface area (Å²) in [5.74, 6) is -0.446. The van der Waals surface area contributed by atoms with E-state index in [1.54, 1.807) is 0 Å². The lowest BCUT2D eigenvalue weighted by Crippen LogP contribution is -1.94. The van der Waals surface area contributed by atoms with Gasteiger partial charge in [-0.05, 0) is 18.0 Å². The summed E-state index contributed by atoms with van der Waals surface area (Å²) in [5.41, 5.74) is 1.02. The largest absolute Gasteiger partial charge is 0.295 e. The molecule has 0 aliphatic rings. The maximum atomic E-state index is 11.3. The zero-order chi connectivity index (χ0) is 11.3. The zero-order valence-corrected chi connectivity index (χ0v) is 6.71. The first-order valence-electron chi connectivity index (χ1n) is 5.32. The minimum atomic E-state index is -0.715. The molecule has 0 spiro atoms. The summed E-state index contributed by atoms with van der Waals surface area (Å²) in [7, 11) is 0. The Kier molecular flexibility index (Phi) is 1.99. The molecule has 1 nitrogen and oxygen atoms in total. The molecule has 0 aromatic heterocycles. The topological polar surface area (TPSA) is 17.1 Å². The predicted molar refractivity (Wildman–Crippen MR) is 50.0 cm³/mol. The van der Waals surface area contributed by atoms with Crippen LogP contribution in [0.2, 0.25) is 0 Å². The van der Waals surface area contributed by atoms with Gasteiger partial charge in [0, 0.05) is 6.42 Å². The van der Waals surface area contributed by atoms with Crippen molar-refractivity contribution in [3.05, 3.63) is 48.5 Å². The van der Waals surface area contributed by atoms with Gasteiger partial charge in [-0.3, -0.25) is 4.79 Å². The standard InChI is InChI=1S/C11H12O/c1-2-11(12)9-8-10-6-4-3-5-7-10/h2-7H,1,8-9H2/i1D2,2D. The van der Waals surface area contributed by atoms with E-state index in [0.717, 1.165) is 5.56 Å². The number of aryl methyl sites for hydroxylation is 1. The molecule has 1 rings (SSSR count). The second-order valence-corrected chi connectivity index (χ2v) is 2.53. The van der Waals surface area contributed by atoms with Crippen molar-refractivity contribution in [2.24, 2.45) is 0 Å². The third kappa shape index (κ3) is 2.70. The van der Waals surface area contributed by atoms with Crippen LogP contribution in [0.4, 0.5) is 0 Å². The molecule has 0 amide bonds. The van der Waals surface area contributed by atoms with Gasteiger partial charge in [0.2, 0.25) is 0 Å². The number of benzene rings is 1. The number of hydrogen-bond donors (Lipinski definition) is 0. The Hall–Kier alpha value is -1.37. The lowest BCUT2D eigenvalue weighted by atomic mass is 10.1. The summed E-state index contributed by atoms with van der Waals surface area (Å²) in [6, 6.07) is 8.97. The van der Waals surface area contributed by atoms with Crippen molar-refractivity contribution in [3.8, 4) is 0 Å². The van der Waals surface area contributed by atoms with E-state index in [0.29, 0.717) is 6.42 Å². The average molecular weight is 163 g/mol. The van der Waals surface area contributed by atoms with E-state index in [-0.39, 0.29) is 6.42 Å². The molecule has 1 heteroatoms. The molecule has 0 atom stereocenters. The Labute approximate surface area is 76.9 Å². The number of carbonyl (C=O) groups is 1. The predicted octanol–water partition coefficient (Wildman–Crippen LogP) is 2.37. The third-order valence-electron chi connectivity index (χ3n) is 1.62. The molecule has 62 valence electrons. The van der Waals surface area contributed by atoms with Crippen LogP contribution >= 0.6 is 0 Å². The lowest BCUT2D eigenvalue weighted by Gasteiger charge is -1.96. The van der Waals surface area contributed by atoms with Crippen molar-refractivity contribution in [3.63, 3.8) is 0 Å². The number of rotatable bonds is 4. The van der Waals surface area contributed by atoms with Gasteiger partial charge in [-0.1, -0.05) is 36.9 Å². The van der Waals surface area contributed by atoms with E-state index in [2.05, 4.69) is 0 Å². The number of allylic oxidation sites excluding steroid dienone is 1. The van der Waals surface area contributed by atoms with Crippen molar-refractivity contribution < 1.29 is 8.91 Å². The number of hydrogen-bond acceptors (Lipinski definition) is 1. The van der Waals surface area contributed by atoms with E-state index in [1.807, 2.05) is 30.3 Å². The van der Waals surface area contributed by atoms with E-state index in [4.69, 9.17) is 4.11 Å². The van der Waals surface area contributed by atoms with Crippen LogP contribution in [0.1, 0.15) is 16.1 Å². The monoisotopic (exact) mass is 163 g/mol. The zero-order valence-electron chi connectivity index (χ0n) is 9.71. The minimum absolute atomic E-state index is 0.185. The van der Waals surface area contributed by atoms with E-state index >= 15 is 0 Å². The third-order valence-corrected chi connectivity index (χ3v) is 1.62. The van der Waals surface area contributed by atoms with Gasteiger partial charge in [0.15, 0.2) is 5.78 Å². The fourth-order valence-corrected chi connectivity index (χ4v) is 0.965. The summed E-state index contributed by atoms with van der Waals surface area (Å²) in [6.07, 6.45) is 0.736. The van der Waals surface area contributed by atoms with E-state index < -0.39 is 18.4 Å². The molecule has 0 saturated carbocycles. The van der Waals surface area contributed by atoms with Gasteiger partial charge in [-0.2, -0.15) is 0 Å². The first-order valence-corrected chi connectivity index (χ1v) is 3.82. The SMILES string of the molecule is [2H]C([2H])=C([2H])C(=O)CCc1ccccc1. The molecule has 1 aromatic carbocycles. The second kappa shape index (κ2) is 4.50. The van der Waals surface area contributed by atoms with Gasteiger partial charge >= 0.3 is 0 Å². The van der Waals surface area contributed by atoms with Crippen LogP contribution in [0.5, 0.6) is 0 Å². The van der Waals surface area contributed by atoms with Gasteiger partial charge in [-0.25, -0.2) is 0 Å². The fourth-order valence-electron chi connectivity index (χ4n) is 0.965. The summed E-state index contributed by atoms with van der Waals surface area (Å²) in [6.45, 7) is -0.715. The summed E-state index contributed by atoms with van der Waals surface area (Å²) in [5, 5.41) is 0. The molecule has 0 saturated heterocycles. The van der Waals surface area contributed by atoms with Gasteiger partial charge in [-0.15, -0.1) is 0 Å². The lowest BCUT2D eigenvalue weighted by molar-refractivity contribution is -0.114. The van der Waals surface area contributed by atoms with Gasteiger partial charge in [0.05, 0.1) is 4.11 Å². The molecule has 0 bridgehead atoms. The van der Waals surface area contributed by atoms with E-state index in [1.165, 1.54) is 0 Å². The molecule has 0 fully saturated rings. The molecule has 0 heterocycles. The summed E-state index contributed by atoms with van der Waals surface area (Å²) >= 11 is 0. The molecule has 12 heavy (non-hydrogen) atoms. The maximum absolute atomic E-state index is 11.3. The fraction of sp³-hybridized carbons (Fsp3) is 0.182. The molecule has 0 aliphatic carbocycles. The van der Waals surface area contributed by atoms with Crippen LogP contribution in [-0.2, 0) is 11.2 Å². The highest BCUT2D eigenvalue weighted by Crippen LogP contribution is 2.02. The smallest absolute Gasteiger partial charge is 0.155 e. The average Bonchev–Trinajstić information content (AvgIpc) is 2.26. The number of carbonyl (C=O) groups excluding carboxylic acids is 1. The normalized spacial score (nSPS) is 12.5. The molecular weight excluding hydrogens is 148 g/mol. The van der Waals surface area contributed by atoms with Crippen molar-refractivity contribution >= 4 is 5.78 Å².